The highest BCUT2D eigenvalue weighted by molar-refractivity contribution is 7.10. The van der Waals surface area contributed by atoms with Gasteiger partial charge in [-0.15, -0.1) is 11.3 Å². The van der Waals surface area contributed by atoms with Crippen molar-refractivity contribution >= 4 is 11.3 Å². The molecule has 1 nitrogen and oxygen atoms in total. The van der Waals surface area contributed by atoms with Crippen molar-refractivity contribution in [3.63, 3.8) is 0 Å². The van der Waals surface area contributed by atoms with Gasteiger partial charge in [0.1, 0.15) is 5.82 Å². The van der Waals surface area contributed by atoms with Crippen molar-refractivity contribution in [2.75, 3.05) is 6.54 Å². The largest absolute Gasteiger partial charge is 0.306 e. The zero-order valence-electron chi connectivity index (χ0n) is 11.7. The SMILES string of the molecule is CCNC(c1ccc(C)c(F)c1)c1sccc1CC. The average molecular weight is 277 g/mol. The van der Waals surface area contributed by atoms with Crippen molar-refractivity contribution in [1.29, 1.82) is 0 Å². The summed E-state index contributed by atoms with van der Waals surface area (Å²) in [5.74, 6) is -0.130. The van der Waals surface area contributed by atoms with Gasteiger partial charge in [0, 0.05) is 4.88 Å². The molecular weight excluding hydrogens is 257 g/mol. The lowest BCUT2D eigenvalue weighted by atomic mass is 10.00. The van der Waals surface area contributed by atoms with E-state index in [2.05, 4.69) is 30.6 Å². The summed E-state index contributed by atoms with van der Waals surface area (Å²) in [6, 6.07) is 7.78. The monoisotopic (exact) mass is 277 g/mol. The Morgan fingerprint density at radius 3 is 2.68 bits per heavy atom. The third-order valence-electron chi connectivity index (χ3n) is 3.36. The smallest absolute Gasteiger partial charge is 0.126 e. The average Bonchev–Trinajstić information content (AvgIpc) is 2.87. The predicted octanol–water partition coefficient (Wildman–Crippen LogP) is 4.46. The van der Waals surface area contributed by atoms with Gasteiger partial charge in [-0.2, -0.15) is 0 Å². The molecule has 3 heteroatoms. The fraction of sp³-hybridized carbons (Fsp3) is 0.375. The third kappa shape index (κ3) is 3.04. The molecule has 1 aromatic heterocycles. The molecule has 0 spiro atoms. The van der Waals surface area contributed by atoms with E-state index in [0.717, 1.165) is 18.5 Å². The standard InChI is InChI=1S/C16H20FNS/c1-4-12-8-9-19-16(12)15(18-5-2)13-7-6-11(3)14(17)10-13/h6-10,15,18H,4-5H2,1-3H3. The van der Waals surface area contributed by atoms with E-state index in [0.29, 0.717) is 5.56 Å². The van der Waals surface area contributed by atoms with E-state index in [9.17, 15) is 4.39 Å². The van der Waals surface area contributed by atoms with Crippen LogP contribution in [0.2, 0.25) is 0 Å². The maximum absolute atomic E-state index is 13.8. The van der Waals surface area contributed by atoms with Gasteiger partial charge in [0.15, 0.2) is 0 Å². The van der Waals surface area contributed by atoms with E-state index in [1.165, 1.54) is 10.4 Å². The molecule has 0 radical (unpaired) electrons. The van der Waals surface area contributed by atoms with E-state index < -0.39 is 0 Å². The molecule has 1 aromatic carbocycles. The highest BCUT2D eigenvalue weighted by Gasteiger charge is 2.18. The van der Waals surface area contributed by atoms with Gasteiger partial charge in [0.2, 0.25) is 0 Å². The van der Waals surface area contributed by atoms with Gasteiger partial charge >= 0.3 is 0 Å². The minimum absolute atomic E-state index is 0.0926. The van der Waals surface area contributed by atoms with Crippen LogP contribution < -0.4 is 5.32 Å². The van der Waals surface area contributed by atoms with E-state index in [4.69, 9.17) is 0 Å². The van der Waals surface area contributed by atoms with Crippen LogP contribution in [0, 0.1) is 12.7 Å². The Hall–Kier alpha value is -1.19. The van der Waals surface area contributed by atoms with E-state index in [-0.39, 0.29) is 11.9 Å². The molecule has 102 valence electrons. The molecule has 0 saturated carbocycles. The Morgan fingerprint density at radius 2 is 2.05 bits per heavy atom. The third-order valence-corrected chi connectivity index (χ3v) is 4.39. The number of nitrogens with one attached hydrogen (secondary N) is 1. The fourth-order valence-corrected chi connectivity index (χ4v) is 3.35. The molecule has 2 aromatic rings. The first-order valence-electron chi connectivity index (χ1n) is 6.73. The molecule has 0 amide bonds. The molecule has 1 unspecified atom stereocenters. The maximum atomic E-state index is 13.8. The molecule has 2 rings (SSSR count). The Morgan fingerprint density at radius 1 is 1.26 bits per heavy atom. The zero-order chi connectivity index (χ0) is 13.8. The zero-order valence-corrected chi connectivity index (χ0v) is 12.5. The highest BCUT2D eigenvalue weighted by atomic mass is 32.1. The van der Waals surface area contributed by atoms with Gasteiger partial charge in [-0.05, 0) is 54.1 Å². The van der Waals surface area contributed by atoms with Crippen LogP contribution in [0.4, 0.5) is 4.39 Å². The lowest BCUT2D eigenvalue weighted by molar-refractivity contribution is 0.599. The summed E-state index contributed by atoms with van der Waals surface area (Å²) in [6.45, 7) is 6.90. The number of benzene rings is 1. The summed E-state index contributed by atoms with van der Waals surface area (Å²) in [4.78, 5) is 1.30. The van der Waals surface area contributed by atoms with Gasteiger partial charge in [0.25, 0.3) is 0 Å². The highest BCUT2D eigenvalue weighted by Crippen LogP contribution is 2.30. The molecule has 1 atom stereocenters. The van der Waals surface area contributed by atoms with Gasteiger partial charge in [-0.1, -0.05) is 26.0 Å². The van der Waals surface area contributed by atoms with Crippen LogP contribution in [-0.2, 0) is 6.42 Å². The van der Waals surface area contributed by atoms with Crippen molar-refractivity contribution in [2.24, 2.45) is 0 Å². The minimum atomic E-state index is -0.130. The summed E-state index contributed by atoms with van der Waals surface area (Å²) in [5, 5.41) is 5.58. The van der Waals surface area contributed by atoms with Crippen molar-refractivity contribution in [3.05, 3.63) is 57.0 Å². The van der Waals surface area contributed by atoms with Crippen LogP contribution in [0.25, 0.3) is 0 Å². The lowest BCUT2D eigenvalue weighted by Gasteiger charge is -2.19. The molecule has 1 heterocycles. The van der Waals surface area contributed by atoms with Crippen LogP contribution in [0.3, 0.4) is 0 Å². The molecule has 0 bridgehead atoms. The number of hydrogen-bond acceptors (Lipinski definition) is 2. The Balaban J connectivity index is 2.42. The Kier molecular flexibility index (Phi) is 4.72. The van der Waals surface area contributed by atoms with Crippen molar-refractivity contribution in [1.82, 2.24) is 5.32 Å². The van der Waals surface area contributed by atoms with Crippen LogP contribution in [0.5, 0.6) is 0 Å². The summed E-state index contributed by atoms with van der Waals surface area (Å²) >= 11 is 1.74. The fourth-order valence-electron chi connectivity index (χ4n) is 2.25. The molecule has 0 aliphatic carbocycles. The molecular formula is C16H20FNS. The molecule has 1 N–H and O–H groups in total. The normalized spacial score (nSPS) is 12.6. The Bertz CT molecular complexity index is 547. The van der Waals surface area contributed by atoms with Crippen molar-refractivity contribution < 1.29 is 4.39 Å². The quantitative estimate of drug-likeness (QED) is 0.851. The Labute approximate surface area is 118 Å². The van der Waals surface area contributed by atoms with E-state index in [1.807, 2.05) is 12.1 Å². The number of aryl methyl sites for hydroxylation is 2. The second-order valence-electron chi connectivity index (χ2n) is 4.66. The van der Waals surface area contributed by atoms with E-state index in [1.54, 1.807) is 24.3 Å². The first kappa shape index (κ1) is 14.2. The van der Waals surface area contributed by atoms with Crippen LogP contribution in [-0.4, -0.2) is 6.54 Å². The summed E-state index contributed by atoms with van der Waals surface area (Å²) in [7, 11) is 0. The summed E-state index contributed by atoms with van der Waals surface area (Å²) < 4.78 is 13.8. The first-order valence-corrected chi connectivity index (χ1v) is 7.61. The second-order valence-corrected chi connectivity index (χ2v) is 5.61. The first-order chi connectivity index (χ1) is 9.17. The lowest BCUT2D eigenvalue weighted by Crippen LogP contribution is -2.22. The summed E-state index contributed by atoms with van der Waals surface area (Å²) in [5.41, 5.74) is 3.04. The minimum Gasteiger partial charge on any atom is -0.306 e. The molecule has 0 aliphatic rings. The molecule has 0 fully saturated rings. The topological polar surface area (TPSA) is 12.0 Å². The van der Waals surface area contributed by atoms with Gasteiger partial charge in [0.05, 0.1) is 6.04 Å². The molecule has 0 saturated heterocycles. The van der Waals surface area contributed by atoms with Crippen LogP contribution in [0.1, 0.15) is 41.5 Å². The number of halogens is 1. The molecule has 0 aliphatic heterocycles. The number of rotatable bonds is 5. The van der Waals surface area contributed by atoms with Crippen LogP contribution >= 0.6 is 11.3 Å². The van der Waals surface area contributed by atoms with Gasteiger partial charge < -0.3 is 5.32 Å². The second kappa shape index (κ2) is 6.31. The summed E-state index contributed by atoms with van der Waals surface area (Å²) in [6.07, 6.45) is 1.01. The van der Waals surface area contributed by atoms with E-state index >= 15 is 0 Å². The van der Waals surface area contributed by atoms with Crippen molar-refractivity contribution in [3.8, 4) is 0 Å². The number of hydrogen-bond donors (Lipinski definition) is 1. The van der Waals surface area contributed by atoms with Gasteiger partial charge in [-0.25, -0.2) is 4.39 Å². The van der Waals surface area contributed by atoms with Crippen molar-refractivity contribution in [2.45, 2.75) is 33.2 Å². The molecule has 19 heavy (non-hydrogen) atoms. The maximum Gasteiger partial charge on any atom is 0.126 e. The predicted molar refractivity (Wildman–Crippen MR) is 80.4 cm³/mol. The number of thiophene rings is 1. The van der Waals surface area contributed by atoms with Gasteiger partial charge in [-0.3, -0.25) is 0 Å². The van der Waals surface area contributed by atoms with Crippen LogP contribution in [0.15, 0.2) is 29.6 Å².